The van der Waals surface area contributed by atoms with Crippen molar-refractivity contribution in [3.05, 3.63) is 146 Å². The van der Waals surface area contributed by atoms with Crippen molar-refractivity contribution in [3.8, 4) is 45.5 Å². The van der Waals surface area contributed by atoms with Crippen molar-refractivity contribution >= 4 is 57.1 Å². The second-order valence-electron chi connectivity index (χ2n) is 27.9. The molecule has 0 unspecified atom stereocenters. The number of nitrogens with one attached hydrogen (secondary N) is 1. The molecule has 2 amide bonds. The van der Waals surface area contributed by atoms with Gasteiger partial charge >= 0.3 is 0 Å². The van der Waals surface area contributed by atoms with Crippen molar-refractivity contribution in [1.82, 2.24) is 59.5 Å². The molecular formula is C76H90N14O6. The highest BCUT2D eigenvalue weighted by Crippen LogP contribution is 2.62. The first-order valence-electron chi connectivity index (χ1n) is 34.7. The molecular weight excluding hydrogens is 1200 g/mol. The highest BCUT2D eigenvalue weighted by Gasteiger charge is 2.50. The summed E-state index contributed by atoms with van der Waals surface area (Å²) in [6.07, 6.45) is 22.7. The molecule has 2 aliphatic heterocycles. The second-order valence-corrected chi connectivity index (χ2v) is 27.9. The van der Waals surface area contributed by atoms with Crippen LogP contribution in [0, 0.1) is 29.1 Å². The summed E-state index contributed by atoms with van der Waals surface area (Å²) in [5, 5.41) is 14.9. The van der Waals surface area contributed by atoms with E-state index in [2.05, 4.69) is 55.1 Å². The molecule has 20 nitrogen and oxygen atoms in total. The lowest BCUT2D eigenvalue weighted by Crippen LogP contribution is -2.52. The van der Waals surface area contributed by atoms with Crippen molar-refractivity contribution in [2.45, 2.75) is 135 Å². The van der Waals surface area contributed by atoms with Crippen LogP contribution in [0.3, 0.4) is 0 Å². The largest absolute Gasteiger partial charge is 0.457 e. The van der Waals surface area contributed by atoms with Crippen molar-refractivity contribution < 1.29 is 28.7 Å². The Labute approximate surface area is 561 Å². The number of aromatic nitrogens is 8. The van der Waals surface area contributed by atoms with E-state index in [0.717, 1.165) is 131 Å². The Morgan fingerprint density at radius 2 is 1.08 bits per heavy atom. The SMILES string of the molecule is C=CC(=O)Cc1cc(-c2nn(C3CCC(N4CCN(C(C)=O)CC4)CC3)c3ncnc(N)c23)ccc1Oc1ccccc1.C=CC(=O)Cc1cc(-c2nn(C3CCN(CCNC(=O)[C@@H](C)CCC45CC6CC(CC(C6)C4)C5)CC3)c3ncnc(N)c23)ccc1Oc1ccccc1. The Bertz CT molecular complexity index is 4090. The third kappa shape index (κ3) is 14.6. The summed E-state index contributed by atoms with van der Waals surface area (Å²) in [5.74, 6) is 6.40. The van der Waals surface area contributed by atoms with Gasteiger partial charge in [0, 0.05) is 106 Å². The van der Waals surface area contributed by atoms with Crippen molar-refractivity contribution in [3.63, 3.8) is 0 Å². The number of hydrogen-bond acceptors (Lipinski definition) is 16. The maximum Gasteiger partial charge on any atom is 0.222 e. The molecule has 4 aromatic heterocycles. The van der Waals surface area contributed by atoms with Gasteiger partial charge in [0.05, 0.1) is 22.9 Å². The molecule has 500 valence electrons. The molecule has 8 aromatic rings. The number of nitrogen functional groups attached to an aromatic ring is 2. The number of allylic oxidation sites excluding steroid dienone is 2. The van der Waals surface area contributed by atoms with E-state index in [1.54, 1.807) is 6.92 Å². The van der Waals surface area contributed by atoms with Crippen LogP contribution in [0.15, 0.2) is 135 Å². The number of piperidine rings is 1. The number of para-hydroxylation sites is 2. The molecule has 7 aliphatic rings. The van der Waals surface area contributed by atoms with Crippen LogP contribution in [0.4, 0.5) is 11.6 Å². The minimum atomic E-state index is -0.105. The van der Waals surface area contributed by atoms with Crippen molar-refractivity contribution in [2.24, 2.45) is 29.1 Å². The second kappa shape index (κ2) is 29.1. The highest BCUT2D eigenvalue weighted by molar-refractivity contribution is 6.00. The molecule has 0 spiro atoms. The number of rotatable bonds is 22. The number of likely N-dealkylation sites (tertiary alicyclic amines) is 1. The fourth-order valence-electron chi connectivity index (χ4n) is 16.8. The fraction of sp³-hybridized carbons (Fsp3) is 0.447. The average molecular weight is 1300 g/mol. The summed E-state index contributed by atoms with van der Waals surface area (Å²) >= 11 is 0. The summed E-state index contributed by atoms with van der Waals surface area (Å²) in [6.45, 7) is 17.8. The highest BCUT2D eigenvalue weighted by atomic mass is 16.5. The van der Waals surface area contributed by atoms with Gasteiger partial charge in [-0.05, 0) is 186 Å². The fourth-order valence-corrected chi connectivity index (χ4v) is 16.8. The number of nitrogens with zero attached hydrogens (tertiary/aromatic N) is 11. The molecule has 20 heteroatoms. The molecule has 96 heavy (non-hydrogen) atoms. The zero-order valence-corrected chi connectivity index (χ0v) is 55.5. The van der Waals surface area contributed by atoms with Gasteiger partial charge in [-0.3, -0.25) is 24.1 Å². The molecule has 5 N–H and O–H groups in total. The number of carbonyl (C=O) groups is 4. The summed E-state index contributed by atoms with van der Waals surface area (Å²) < 4.78 is 16.4. The molecule has 7 fully saturated rings. The van der Waals surface area contributed by atoms with Crippen LogP contribution >= 0.6 is 0 Å². The number of ether oxygens (including phenoxy) is 2. The van der Waals surface area contributed by atoms with Gasteiger partial charge < -0.3 is 36.1 Å². The predicted octanol–water partition coefficient (Wildman–Crippen LogP) is 12.4. The molecule has 4 aromatic carbocycles. The number of amides is 2. The van der Waals surface area contributed by atoms with Gasteiger partial charge in [0.1, 0.15) is 58.7 Å². The number of nitrogens with two attached hydrogens (primary N) is 2. The van der Waals surface area contributed by atoms with Crippen LogP contribution in [-0.4, -0.2) is 136 Å². The van der Waals surface area contributed by atoms with E-state index in [-0.39, 0.29) is 54.2 Å². The minimum absolute atomic E-state index is 0.0663. The monoisotopic (exact) mass is 1290 g/mol. The number of hydrogen-bond donors (Lipinski definition) is 3. The molecule has 1 atom stereocenters. The molecule has 6 heterocycles. The van der Waals surface area contributed by atoms with Crippen molar-refractivity contribution in [2.75, 3.05) is 63.8 Å². The summed E-state index contributed by atoms with van der Waals surface area (Å²) in [7, 11) is 0. The number of benzene rings is 4. The van der Waals surface area contributed by atoms with Gasteiger partial charge in [-0.15, -0.1) is 0 Å². The van der Waals surface area contributed by atoms with Crippen molar-refractivity contribution in [1.29, 1.82) is 0 Å². The standard InChI is InChI=1S/C43H53N7O3.C33H37N7O3/c1-3-35(51)23-33-22-32(9-10-37(33)53-36-7-5-4-6-8-36)39-38-40(44)46-27-47-41(38)50(48-39)34-12-16-49(17-13-34)18-15-45-42(52)28(2)11-14-43-24-29-19-30(25-43)21-31(20-29)26-43;1-3-27(42)20-24-19-23(9-14-29(24)43-28-7-5-4-6-8-28)31-30-32(34)35-21-36-33(30)40(37-31)26-12-10-25(11-13-26)39-17-15-38(16-18-39)22(2)41/h3-10,22,27-31,34H,1,11-21,23-26H2,2H3,(H,45,52)(H2,44,46,47);3-9,14,19,21,25-26H,1,10-13,15-18,20H2,2H3,(H2,34,35,36)/t28-,29?,30?,31?,43?;/m0./s1. The van der Waals surface area contributed by atoms with Gasteiger partial charge in [-0.2, -0.15) is 10.2 Å². The van der Waals surface area contributed by atoms with E-state index < -0.39 is 0 Å². The quantitative estimate of drug-likeness (QED) is 0.0534. The van der Waals surface area contributed by atoms with E-state index >= 15 is 0 Å². The van der Waals surface area contributed by atoms with E-state index in [4.69, 9.17) is 31.1 Å². The number of anilines is 2. The van der Waals surface area contributed by atoms with E-state index in [1.807, 2.05) is 111 Å². The molecule has 0 radical (unpaired) electrons. The van der Waals surface area contributed by atoms with Crippen LogP contribution in [0.1, 0.15) is 127 Å². The summed E-state index contributed by atoms with van der Waals surface area (Å²) in [4.78, 5) is 74.6. The van der Waals surface area contributed by atoms with Gasteiger partial charge in [0.25, 0.3) is 0 Å². The Morgan fingerprint density at radius 3 is 1.55 bits per heavy atom. The number of ketones is 2. The predicted molar refractivity (Wildman–Crippen MR) is 373 cm³/mol. The summed E-state index contributed by atoms with van der Waals surface area (Å²) in [5.41, 5.74) is 19.3. The zero-order valence-electron chi connectivity index (χ0n) is 55.5. The van der Waals surface area contributed by atoms with Crippen LogP contribution < -0.4 is 26.3 Å². The minimum Gasteiger partial charge on any atom is -0.457 e. The molecule has 5 aliphatic carbocycles. The van der Waals surface area contributed by atoms with Gasteiger partial charge in [0.2, 0.25) is 11.8 Å². The Balaban J connectivity index is 0.000000178. The topological polar surface area (TPSA) is 248 Å². The lowest BCUT2D eigenvalue weighted by atomic mass is 9.48. The third-order valence-corrected chi connectivity index (χ3v) is 21.5. The maximum atomic E-state index is 13.1. The smallest absolute Gasteiger partial charge is 0.222 e. The lowest BCUT2D eigenvalue weighted by Gasteiger charge is -2.57. The van der Waals surface area contributed by atoms with Gasteiger partial charge in [-0.25, -0.2) is 29.3 Å². The first-order valence-corrected chi connectivity index (χ1v) is 34.7. The first kappa shape index (κ1) is 65.5. The van der Waals surface area contributed by atoms with Gasteiger partial charge in [0.15, 0.2) is 22.9 Å². The van der Waals surface area contributed by atoms with E-state index in [0.29, 0.717) is 86.1 Å². The first-order chi connectivity index (χ1) is 46.7. The molecule has 5 saturated carbocycles. The maximum absolute atomic E-state index is 13.1. The van der Waals surface area contributed by atoms with E-state index in [9.17, 15) is 19.2 Å². The Morgan fingerprint density at radius 1 is 0.615 bits per heavy atom. The van der Waals surface area contributed by atoms with E-state index in [1.165, 1.54) is 69.8 Å². The molecule has 15 rings (SSSR count). The third-order valence-electron chi connectivity index (χ3n) is 21.5. The average Bonchev–Trinajstić information content (AvgIpc) is 1.12. The number of carbonyl (C=O) groups excluding carboxylic acids is 4. The number of fused-ring (bicyclic) bond motifs is 2. The zero-order chi connectivity index (χ0) is 66.5. The van der Waals surface area contributed by atoms with Crippen LogP contribution in [0.5, 0.6) is 23.0 Å². The van der Waals surface area contributed by atoms with Crippen LogP contribution in [0.25, 0.3) is 44.6 Å². The summed E-state index contributed by atoms with van der Waals surface area (Å²) in [6, 6.07) is 31.3. The van der Waals surface area contributed by atoms with Gasteiger partial charge in [-0.1, -0.05) is 56.5 Å². The Hall–Kier alpha value is -9.14. The molecule has 4 bridgehead atoms. The normalized spacial score (nSPS) is 22.3. The van der Waals surface area contributed by atoms with Crippen LogP contribution in [-0.2, 0) is 32.0 Å². The van der Waals surface area contributed by atoms with Crippen LogP contribution in [0.2, 0.25) is 0 Å². The Kier molecular flexibility index (Phi) is 19.8. The lowest BCUT2D eigenvalue weighted by molar-refractivity contribution is -0.131. The number of piperazine rings is 1. The molecule has 2 saturated heterocycles.